The summed E-state index contributed by atoms with van der Waals surface area (Å²) < 4.78 is 18.0. The van der Waals surface area contributed by atoms with Crippen LogP contribution >= 0.6 is 11.6 Å². The van der Waals surface area contributed by atoms with Crippen LogP contribution in [-0.4, -0.2) is 33.6 Å². The third-order valence-electron chi connectivity index (χ3n) is 4.51. The molecule has 32 heavy (non-hydrogen) atoms. The van der Waals surface area contributed by atoms with Gasteiger partial charge < -0.3 is 14.2 Å². The molecular formula is C23H27ClN4O4. The summed E-state index contributed by atoms with van der Waals surface area (Å²) in [4.78, 5) is 16.2. The highest BCUT2D eigenvalue weighted by Gasteiger charge is 2.18. The predicted molar refractivity (Wildman–Crippen MR) is 122 cm³/mol. The van der Waals surface area contributed by atoms with Crippen molar-refractivity contribution in [3.63, 3.8) is 0 Å². The number of aromatic nitrogens is 3. The number of carbonyl (C=O) groups excluding carboxylic acids is 1. The SMILES string of the molecule is COc1ccc(COc2cc(C(C)n3cc(NC(=O)OC(C)(C)C)cn3)cnc2Cl)cc1. The highest BCUT2D eigenvalue weighted by molar-refractivity contribution is 6.30. The molecule has 2 heterocycles. The fraction of sp³-hybridized carbons (Fsp3) is 0.348. The number of amides is 1. The Bertz CT molecular complexity index is 1060. The van der Waals surface area contributed by atoms with Gasteiger partial charge in [-0.1, -0.05) is 23.7 Å². The largest absolute Gasteiger partial charge is 0.497 e. The molecule has 0 saturated heterocycles. The van der Waals surface area contributed by atoms with Crippen LogP contribution in [0.5, 0.6) is 11.5 Å². The van der Waals surface area contributed by atoms with Gasteiger partial charge in [0.05, 0.1) is 25.0 Å². The first-order valence-electron chi connectivity index (χ1n) is 10.1. The number of ether oxygens (including phenoxy) is 3. The van der Waals surface area contributed by atoms with Gasteiger partial charge in [-0.05, 0) is 57.0 Å². The number of hydrogen-bond donors (Lipinski definition) is 1. The second kappa shape index (κ2) is 9.91. The van der Waals surface area contributed by atoms with Gasteiger partial charge in [0.15, 0.2) is 10.9 Å². The van der Waals surface area contributed by atoms with E-state index in [0.717, 1.165) is 16.9 Å². The zero-order valence-corrected chi connectivity index (χ0v) is 19.5. The fourth-order valence-electron chi connectivity index (χ4n) is 2.84. The zero-order valence-electron chi connectivity index (χ0n) is 18.8. The summed E-state index contributed by atoms with van der Waals surface area (Å²) in [7, 11) is 1.62. The van der Waals surface area contributed by atoms with Gasteiger partial charge in [-0.2, -0.15) is 5.10 Å². The molecular weight excluding hydrogens is 432 g/mol. The Morgan fingerprint density at radius 1 is 1.22 bits per heavy atom. The van der Waals surface area contributed by atoms with Crippen LogP contribution in [0.3, 0.4) is 0 Å². The van der Waals surface area contributed by atoms with Crippen LogP contribution < -0.4 is 14.8 Å². The molecule has 0 spiro atoms. The number of nitrogens with one attached hydrogen (secondary N) is 1. The number of pyridine rings is 1. The molecule has 0 fully saturated rings. The lowest BCUT2D eigenvalue weighted by molar-refractivity contribution is 0.0636. The van der Waals surface area contributed by atoms with Gasteiger partial charge in [0, 0.05) is 12.4 Å². The number of halogens is 1. The van der Waals surface area contributed by atoms with Crippen molar-refractivity contribution in [1.29, 1.82) is 0 Å². The average molecular weight is 459 g/mol. The number of carbonyl (C=O) groups is 1. The summed E-state index contributed by atoms with van der Waals surface area (Å²) in [5.74, 6) is 1.26. The first-order chi connectivity index (χ1) is 15.1. The number of methoxy groups -OCH3 is 1. The third kappa shape index (κ3) is 6.37. The summed E-state index contributed by atoms with van der Waals surface area (Å²) in [6, 6.07) is 9.27. The van der Waals surface area contributed by atoms with Gasteiger partial charge in [0.1, 0.15) is 18.0 Å². The molecule has 0 aliphatic heterocycles. The Hall–Kier alpha value is -3.26. The van der Waals surface area contributed by atoms with Gasteiger partial charge in [-0.25, -0.2) is 9.78 Å². The molecule has 1 N–H and O–H groups in total. The lowest BCUT2D eigenvalue weighted by Crippen LogP contribution is -2.27. The zero-order chi connectivity index (χ0) is 23.3. The molecule has 3 rings (SSSR count). The van der Waals surface area contributed by atoms with Gasteiger partial charge in [0.25, 0.3) is 0 Å². The normalized spacial score (nSPS) is 12.2. The Morgan fingerprint density at radius 2 is 1.94 bits per heavy atom. The molecule has 1 unspecified atom stereocenters. The van der Waals surface area contributed by atoms with Crippen molar-refractivity contribution >= 4 is 23.4 Å². The maximum absolute atomic E-state index is 12.0. The maximum Gasteiger partial charge on any atom is 0.412 e. The van der Waals surface area contributed by atoms with E-state index in [4.69, 9.17) is 25.8 Å². The quantitative estimate of drug-likeness (QED) is 0.472. The molecule has 0 aliphatic carbocycles. The van der Waals surface area contributed by atoms with Crippen LogP contribution in [0.2, 0.25) is 5.15 Å². The van der Waals surface area contributed by atoms with E-state index in [0.29, 0.717) is 18.0 Å². The Balaban J connectivity index is 1.67. The molecule has 0 radical (unpaired) electrons. The number of anilines is 1. The number of nitrogens with zero attached hydrogens (tertiary/aromatic N) is 3. The average Bonchev–Trinajstić information content (AvgIpc) is 3.20. The van der Waals surface area contributed by atoms with Crippen molar-refractivity contribution in [1.82, 2.24) is 14.8 Å². The highest BCUT2D eigenvalue weighted by atomic mass is 35.5. The molecule has 0 bridgehead atoms. The lowest BCUT2D eigenvalue weighted by Gasteiger charge is -2.19. The molecule has 2 aromatic heterocycles. The Labute approximate surface area is 192 Å². The van der Waals surface area contributed by atoms with Gasteiger partial charge in [-0.3, -0.25) is 10.00 Å². The van der Waals surface area contributed by atoms with Crippen molar-refractivity contribution in [3.05, 3.63) is 65.2 Å². The maximum atomic E-state index is 12.0. The molecule has 0 saturated carbocycles. The Morgan fingerprint density at radius 3 is 2.59 bits per heavy atom. The Kier molecular flexibility index (Phi) is 7.25. The van der Waals surface area contributed by atoms with Crippen LogP contribution in [0.15, 0.2) is 48.9 Å². The number of rotatable bonds is 7. The fourth-order valence-corrected chi connectivity index (χ4v) is 3.00. The molecule has 3 aromatic rings. The van der Waals surface area contributed by atoms with E-state index >= 15 is 0 Å². The predicted octanol–water partition coefficient (Wildman–Crippen LogP) is 5.48. The molecule has 0 aliphatic rings. The first kappa shape index (κ1) is 23.4. The van der Waals surface area contributed by atoms with Gasteiger partial charge in [-0.15, -0.1) is 0 Å². The van der Waals surface area contributed by atoms with E-state index in [2.05, 4.69) is 15.4 Å². The van der Waals surface area contributed by atoms with Gasteiger partial charge in [0.2, 0.25) is 0 Å². The third-order valence-corrected chi connectivity index (χ3v) is 4.79. The van der Waals surface area contributed by atoms with Crippen molar-refractivity contribution in [2.45, 2.75) is 45.9 Å². The van der Waals surface area contributed by atoms with Crippen LogP contribution in [0.25, 0.3) is 0 Å². The smallest absolute Gasteiger partial charge is 0.412 e. The van der Waals surface area contributed by atoms with Crippen LogP contribution in [0, 0.1) is 0 Å². The number of hydrogen-bond acceptors (Lipinski definition) is 6. The van der Waals surface area contributed by atoms with E-state index in [9.17, 15) is 4.79 Å². The van der Waals surface area contributed by atoms with E-state index in [-0.39, 0.29) is 11.2 Å². The summed E-state index contributed by atoms with van der Waals surface area (Å²) >= 11 is 6.24. The van der Waals surface area contributed by atoms with Crippen molar-refractivity contribution in [3.8, 4) is 11.5 Å². The monoisotopic (exact) mass is 458 g/mol. The first-order valence-corrected chi connectivity index (χ1v) is 10.5. The summed E-state index contributed by atoms with van der Waals surface area (Å²) in [6.45, 7) is 7.72. The van der Waals surface area contributed by atoms with Crippen LogP contribution in [0.4, 0.5) is 10.5 Å². The van der Waals surface area contributed by atoms with Crippen LogP contribution in [0.1, 0.15) is 44.9 Å². The van der Waals surface area contributed by atoms with E-state index in [1.807, 2.05) is 37.3 Å². The van der Waals surface area contributed by atoms with Crippen molar-refractivity contribution < 1.29 is 19.0 Å². The second-order valence-corrected chi connectivity index (χ2v) is 8.56. The molecule has 1 amide bonds. The standard InChI is InChI=1S/C23H27ClN4O4/c1-15(28-13-18(12-26-28)27-22(29)32-23(2,3)4)17-10-20(21(24)25-11-17)31-14-16-6-8-19(30-5)9-7-16/h6-13,15H,14H2,1-5H3,(H,27,29). The summed E-state index contributed by atoms with van der Waals surface area (Å²) in [5.41, 5.74) is 1.78. The second-order valence-electron chi connectivity index (χ2n) is 8.21. The molecule has 9 heteroatoms. The molecule has 1 atom stereocenters. The highest BCUT2D eigenvalue weighted by Crippen LogP contribution is 2.28. The molecule has 1 aromatic carbocycles. The van der Waals surface area contributed by atoms with E-state index < -0.39 is 11.7 Å². The van der Waals surface area contributed by atoms with Crippen LogP contribution in [-0.2, 0) is 11.3 Å². The van der Waals surface area contributed by atoms with E-state index in [1.54, 1.807) is 51.2 Å². The summed E-state index contributed by atoms with van der Waals surface area (Å²) in [6.07, 6.45) is 4.43. The minimum atomic E-state index is -0.579. The lowest BCUT2D eigenvalue weighted by atomic mass is 10.1. The van der Waals surface area contributed by atoms with Crippen molar-refractivity contribution in [2.24, 2.45) is 0 Å². The van der Waals surface area contributed by atoms with E-state index in [1.165, 1.54) is 0 Å². The van der Waals surface area contributed by atoms with Gasteiger partial charge >= 0.3 is 6.09 Å². The summed E-state index contributed by atoms with van der Waals surface area (Å²) in [5, 5.41) is 7.29. The topological polar surface area (TPSA) is 87.5 Å². The molecule has 8 nitrogen and oxygen atoms in total. The number of benzene rings is 1. The minimum Gasteiger partial charge on any atom is -0.497 e. The van der Waals surface area contributed by atoms with Crippen molar-refractivity contribution in [2.75, 3.05) is 12.4 Å². The minimum absolute atomic E-state index is 0.169. The molecule has 170 valence electrons.